The number of carbonyl (C=O) groups is 1. The van der Waals surface area contributed by atoms with Crippen LogP contribution in [0.15, 0.2) is 39.8 Å². The molecule has 7 nitrogen and oxygen atoms in total. The van der Waals surface area contributed by atoms with Crippen molar-refractivity contribution in [3.63, 3.8) is 0 Å². The second-order valence-corrected chi connectivity index (χ2v) is 8.99. The van der Waals surface area contributed by atoms with Crippen molar-refractivity contribution in [3.8, 4) is 0 Å². The summed E-state index contributed by atoms with van der Waals surface area (Å²) in [4.78, 5) is 14.5. The van der Waals surface area contributed by atoms with Gasteiger partial charge in [-0.2, -0.15) is 0 Å². The standard InChI is InChI=1S/C18H23N3O4S.ClH/c1-18(2,3)20-26(23,24)16-10-9-15(25-16)17(22)21-11-5-6-12-13(19)7-4-8-14(12)21;/h4,7-10,20H,5-6,11,19H2,1-3H3;1H. The lowest BCUT2D eigenvalue weighted by molar-refractivity contribution is 0.0953. The van der Waals surface area contributed by atoms with E-state index in [4.69, 9.17) is 10.2 Å². The molecule has 1 amide bonds. The van der Waals surface area contributed by atoms with Crippen LogP contribution in [0.3, 0.4) is 0 Å². The zero-order valence-corrected chi connectivity index (χ0v) is 17.1. The van der Waals surface area contributed by atoms with E-state index < -0.39 is 15.6 Å². The van der Waals surface area contributed by atoms with E-state index >= 15 is 0 Å². The van der Waals surface area contributed by atoms with Crippen LogP contribution in [0, 0.1) is 0 Å². The zero-order chi connectivity index (χ0) is 19.1. The summed E-state index contributed by atoms with van der Waals surface area (Å²) < 4.78 is 32.6. The van der Waals surface area contributed by atoms with E-state index in [0.717, 1.165) is 24.1 Å². The van der Waals surface area contributed by atoms with Gasteiger partial charge in [0.05, 0.1) is 0 Å². The summed E-state index contributed by atoms with van der Waals surface area (Å²) in [6.45, 7) is 5.72. The third kappa shape index (κ3) is 4.45. The van der Waals surface area contributed by atoms with Gasteiger partial charge in [0.2, 0.25) is 5.09 Å². The molecule has 1 aliphatic rings. The Morgan fingerprint density at radius 1 is 1.22 bits per heavy atom. The first kappa shape index (κ1) is 21.3. The maximum Gasteiger partial charge on any atom is 0.294 e. The highest BCUT2D eigenvalue weighted by molar-refractivity contribution is 7.89. The van der Waals surface area contributed by atoms with E-state index in [1.54, 1.807) is 31.7 Å². The third-order valence-corrected chi connectivity index (χ3v) is 5.66. The number of amides is 1. The van der Waals surface area contributed by atoms with Crippen molar-refractivity contribution in [1.82, 2.24) is 4.72 Å². The lowest BCUT2D eigenvalue weighted by atomic mass is 9.99. The number of benzene rings is 1. The van der Waals surface area contributed by atoms with Gasteiger partial charge in [0.15, 0.2) is 5.76 Å². The SMILES string of the molecule is CC(C)(C)NS(=O)(=O)c1ccc(C(=O)N2CCCc3c(N)cccc32)o1.Cl. The summed E-state index contributed by atoms with van der Waals surface area (Å²) in [7, 11) is -3.84. The fourth-order valence-electron chi connectivity index (χ4n) is 3.03. The van der Waals surface area contributed by atoms with Gasteiger partial charge in [-0.3, -0.25) is 4.79 Å². The van der Waals surface area contributed by atoms with Gasteiger partial charge >= 0.3 is 0 Å². The van der Waals surface area contributed by atoms with Gasteiger partial charge in [-0.15, -0.1) is 12.4 Å². The van der Waals surface area contributed by atoms with Crippen molar-refractivity contribution in [2.24, 2.45) is 0 Å². The van der Waals surface area contributed by atoms with Crippen LogP contribution in [0.1, 0.15) is 43.3 Å². The number of anilines is 2. The highest BCUT2D eigenvalue weighted by Crippen LogP contribution is 2.32. The number of sulfonamides is 1. The maximum atomic E-state index is 12.9. The smallest absolute Gasteiger partial charge is 0.294 e. The van der Waals surface area contributed by atoms with E-state index in [1.165, 1.54) is 12.1 Å². The topological polar surface area (TPSA) is 106 Å². The van der Waals surface area contributed by atoms with Gasteiger partial charge in [0.1, 0.15) is 0 Å². The molecule has 27 heavy (non-hydrogen) atoms. The summed E-state index contributed by atoms with van der Waals surface area (Å²) in [5.74, 6) is -0.400. The minimum atomic E-state index is -3.84. The molecule has 148 valence electrons. The van der Waals surface area contributed by atoms with Crippen LogP contribution in [-0.2, 0) is 16.4 Å². The average Bonchev–Trinajstić information content (AvgIpc) is 3.03. The Balaban J connectivity index is 0.00000261. The fraction of sp³-hybridized carbons (Fsp3) is 0.389. The van der Waals surface area contributed by atoms with Crippen LogP contribution < -0.4 is 15.4 Å². The Labute approximate surface area is 165 Å². The molecule has 1 aromatic carbocycles. The molecule has 0 spiro atoms. The Morgan fingerprint density at radius 3 is 2.59 bits per heavy atom. The lowest BCUT2D eigenvalue weighted by Gasteiger charge is -2.29. The summed E-state index contributed by atoms with van der Waals surface area (Å²) in [5.41, 5.74) is 7.69. The molecule has 1 aromatic heterocycles. The molecule has 2 heterocycles. The van der Waals surface area contributed by atoms with Gasteiger partial charge in [-0.25, -0.2) is 13.1 Å². The van der Waals surface area contributed by atoms with E-state index in [9.17, 15) is 13.2 Å². The van der Waals surface area contributed by atoms with Gasteiger partial charge < -0.3 is 15.1 Å². The predicted molar refractivity (Wildman–Crippen MR) is 107 cm³/mol. The van der Waals surface area contributed by atoms with E-state index in [2.05, 4.69) is 4.72 Å². The summed E-state index contributed by atoms with van der Waals surface area (Å²) in [6, 6.07) is 8.13. The maximum absolute atomic E-state index is 12.9. The van der Waals surface area contributed by atoms with Crippen molar-refractivity contribution in [1.29, 1.82) is 0 Å². The molecule has 0 bridgehead atoms. The second kappa shape index (κ2) is 7.53. The number of hydrogen-bond donors (Lipinski definition) is 2. The van der Waals surface area contributed by atoms with Crippen molar-refractivity contribution in [2.45, 2.75) is 44.2 Å². The summed E-state index contributed by atoms with van der Waals surface area (Å²) >= 11 is 0. The first-order valence-corrected chi connectivity index (χ1v) is 9.90. The molecule has 2 aromatic rings. The van der Waals surface area contributed by atoms with Crippen LogP contribution in [0.4, 0.5) is 11.4 Å². The molecule has 0 fully saturated rings. The highest BCUT2D eigenvalue weighted by Gasteiger charge is 2.30. The number of carbonyl (C=O) groups excluding carboxylic acids is 1. The number of nitrogen functional groups attached to an aromatic ring is 1. The highest BCUT2D eigenvalue weighted by atomic mass is 35.5. The van der Waals surface area contributed by atoms with Gasteiger partial charge in [0, 0.05) is 23.5 Å². The summed E-state index contributed by atoms with van der Waals surface area (Å²) in [6.07, 6.45) is 1.59. The number of rotatable bonds is 3. The van der Waals surface area contributed by atoms with Crippen LogP contribution in [0.2, 0.25) is 0 Å². The Hall–Kier alpha value is -2.03. The van der Waals surface area contributed by atoms with Crippen molar-refractivity contribution < 1.29 is 17.6 Å². The van der Waals surface area contributed by atoms with Crippen molar-refractivity contribution in [2.75, 3.05) is 17.2 Å². The zero-order valence-electron chi connectivity index (χ0n) is 15.5. The minimum Gasteiger partial charge on any atom is -0.438 e. The molecule has 9 heteroatoms. The average molecular weight is 414 g/mol. The van der Waals surface area contributed by atoms with Crippen LogP contribution in [0.5, 0.6) is 0 Å². The van der Waals surface area contributed by atoms with Gasteiger partial charge in [-0.1, -0.05) is 6.07 Å². The minimum absolute atomic E-state index is 0. The molecule has 0 saturated carbocycles. The largest absolute Gasteiger partial charge is 0.438 e. The molecule has 0 radical (unpaired) electrons. The Kier molecular flexibility index (Phi) is 5.94. The number of nitrogens with two attached hydrogens (primary N) is 1. The van der Waals surface area contributed by atoms with Crippen molar-refractivity contribution >= 4 is 39.7 Å². The Morgan fingerprint density at radius 2 is 1.93 bits per heavy atom. The lowest BCUT2D eigenvalue weighted by Crippen LogP contribution is -2.40. The van der Waals surface area contributed by atoms with Crippen LogP contribution in [0.25, 0.3) is 0 Å². The van der Waals surface area contributed by atoms with Gasteiger partial charge in [0.25, 0.3) is 15.9 Å². The first-order valence-electron chi connectivity index (χ1n) is 8.41. The second-order valence-electron chi connectivity index (χ2n) is 7.38. The van der Waals surface area contributed by atoms with Gasteiger partial charge in [-0.05, 0) is 63.4 Å². The van der Waals surface area contributed by atoms with E-state index in [1.807, 2.05) is 12.1 Å². The molecule has 0 unspecified atom stereocenters. The molecule has 0 saturated heterocycles. The molecule has 0 atom stereocenters. The van der Waals surface area contributed by atoms with E-state index in [0.29, 0.717) is 12.2 Å². The molecular formula is C18H24ClN3O4S. The number of hydrogen-bond acceptors (Lipinski definition) is 5. The number of furan rings is 1. The number of fused-ring (bicyclic) bond motifs is 1. The molecule has 3 N–H and O–H groups in total. The van der Waals surface area contributed by atoms with Crippen molar-refractivity contribution in [3.05, 3.63) is 41.7 Å². The third-order valence-electron chi connectivity index (χ3n) is 4.03. The van der Waals surface area contributed by atoms with Crippen LogP contribution >= 0.6 is 12.4 Å². The monoisotopic (exact) mass is 413 g/mol. The van der Waals surface area contributed by atoms with E-state index in [-0.39, 0.29) is 29.2 Å². The molecule has 1 aliphatic heterocycles. The molecule has 3 rings (SSSR count). The molecular weight excluding hydrogens is 390 g/mol. The quantitative estimate of drug-likeness (QED) is 0.752. The van der Waals surface area contributed by atoms with Crippen LogP contribution in [-0.4, -0.2) is 26.4 Å². The number of nitrogens with one attached hydrogen (secondary N) is 1. The molecule has 0 aliphatic carbocycles. The predicted octanol–water partition coefficient (Wildman–Crippen LogP) is 2.95. The summed E-state index contributed by atoms with van der Waals surface area (Å²) in [5, 5.41) is -0.277. The normalized spacial score (nSPS) is 14.4. The number of halogens is 1. The Bertz CT molecular complexity index is 948. The fourth-order valence-corrected chi connectivity index (χ4v) is 4.38. The first-order chi connectivity index (χ1) is 12.1. The number of nitrogens with zero attached hydrogens (tertiary/aromatic N) is 1.